The number of fused-ring (bicyclic) bond motifs is 1. The van der Waals surface area contributed by atoms with Crippen LogP contribution in [0.2, 0.25) is 0 Å². The Morgan fingerprint density at radius 3 is 2.55 bits per heavy atom. The lowest BCUT2D eigenvalue weighted by Gasteiger charge is -2.24. The topological polar surface area (TPSA) is 29.5 Å². The molecule has 1 atom stereocenters. The van der Waals surface area contributed by atoms with E-state index < -0.39 is 0 Å². The van der Waals surface area contributed by atoms with Crippen molar-refractivity contribution < 1.29 is 9.53 Å². The predicted octanol–water partition coefficient (Wildman–Crippen LogP) is 4.64. The fourth-order valence-corrected chi connectivity index (χ4v) is 2.90. The van der Waals surface area contributed by atoms with Gasteiger partial charge in [0.15, 0.2) is 0 Å². The smallest absolute Gasteiger partial charge is 0.415 e. The first-order valence-electron chi connectivity index (χ1n) is 7.50. The Balaban J connectivity index is 1.80. The van der Waals surface area contributed by atoms with Crippen molar-refractivity contribution in [2.45, 2.75) is 26.0 Å². The number of benzene rings is 2. The Hall–Kier alpha value is -2.55. The van der Waals surface area contributed by atoms with Crippen LogP contribution in [0.4, 0.5) is 10.5 Å². The van der Waals surface area contributed by atoms with Crippen molar-refractivity contribution in [1.82, 2.24) is 0 Å². The zero-order chi connectivity index (χ0) is 15.5. The second kappa shape index (κ2) is 6.06. The fourth-order valence-electron chi connectivity index (χ4n) is 2.90. The van der Waals surface area contributed by atoms with Crippen molar-refractivity contribution >= 4 is 17.4 Å². The maximum atomic E-state index is 12.6. The first-order valence-corrected chi connectivity index (χ1v) is 7.50. The van der Waals surface area contributed by atoms with Crippen LogP contribution < -0.4 is 4.90 Å². The molecule has 0 N–H and O–H groups in total. The van der Waals surface area contributed by atoms with E-state index in [1.54, 1.807) is 4.90 Å². The van der Waals surface area contributed by atoms with Gasteiger partial charge in [-0.3, -0.25) is 4.90 Å². The highest BCUT2D eigenvalue weighted by atomic mass is 16.6. The molecule has 0 aliphatic carbocycles. The molecule has 1 unspecified atom stereocenters. The molecular formula is C19H19NO2. The molecule has 0 fully saturated rings. The van der Waals surface area contributed by atoms with Crippen LogP contribution in [-0.2, 0) is 11.3 Å². The number of rotatable bonds is 3. The third-order valence-electron chi connectivity index (χ3n) is 4.01. The predicted molar refractivity (Wildman–Crippen MR) is 88.7 cm³/mol. The molecule has 2 aromatic carbocycles. The Morgan fingerprint density at radius 2 is 1.82 bits per heavy atom. The highest BCUT2D eigenvalue weighted by Crippen LogP contribution is 2.40. The number of carbonyl (C=O) groups is 1. The summed E-state index contributed by atoms with van der Waals surface area (Å²) in [6.45, 7) is 6.48. The van der Waals surface area contributed by atoms with Crippen LogP contribution in [0.3, 0.4) is 0 Å². The molecular weight excluding hydrogens is 274 g/mol. The minimum Gasteiger partial charge on any atom is -0.444 e. The summed E-state index contributed by atoms with van der Waals surface area (Å²) in [5.74, 6) is 0. The minimum absolute atomic E-state index is 0.0272. The molecule has 0 saturated heterocycles. The lowest BCUT2D eigenvalue weighted by molar-refractivity contribution is 0.146. The van der Waals surface area contributed by atoms with Crippen molar-refractivity contribution in [1.29, 1.82) is 0 Å². The molecule has 0 radical (unpaired) electrons. The lowest BCUT2D eigenvalue weighted by atomic mass is 10.0. The number of anilines is 1. The molecule has 2 aromatic rings. The van der Waals surface area contributed by atoms with Crippen LogP contribution in [0.15, 0.2) is 61.2 Å². The summed E-state index contributed by atoms with van der Waals surface area (Å²) in [6.07, 6.45) is 0.496. The summed E-state index contributed by atoms with van der Waals surface area (Å²) in [7, 11) is 0. The Labute approximate surface area is 130 Å². The zero-order valence-corrected chi connectivity index (χ0v) is 12.7. The van der Waals surface area contributed by atoms with Gasteiger partial charge in [-0.1, -0.05) is 62.0 Å². The van der Waals surface area contributed by atoms with E-state index in [9.17, 15) is 4.79 Å². The largest absolute Gasteiger partial charge is 0.444 e. The molecule has 0 spiro atoms. The maximum absolute atomic E-state index is 12.6. The third kappa shape index (κ3) is 2.50. The molecule has 1 aliphatic rings. The third-order valence-corrected chi connectivity index (χ3v) is 4.01. The molecule has 1 amide bonds. The Kier molecular flexibility index (Phi) is 3.96. The zero-order valence-electron chi connectivity index (χ0n) is 12.7. The summed E-state index contributed by atoms with van der Waals surface area (Å²) < 4.78 is 5.50. The molecule has 22 heavy (non-hydrogen) atoms. The normalized spacial score (nSPS) is 16.5. The first-order chi connectivity index (χ1) is 10.7. The van der Waals surface area contributed by atoms with Gasteiger partial charge in [0.05, 0.1) is 11.7 Å². The van der Waals surface area contributed by atoms with E-state index in [0.29, 0.717) is 0 Å². The molecule has 3 heteroatoms. The summed E-state index contributed by atoms with van der Waals surface area (Å²) >= 11 is 0. The molecule has 1 heterocycles. The number of ether oxygens (including phenoxy) is 1. The van der Waals surface area contributed by atoms with Crippen LogP contribution in [0.1, 0.15) is 24.5 Å². The fraction of sp³-hybridized carbons (Fsp3) is 0.211. The number of hydrogen-bond donors (Lipinski definition) is 0. The van der Waals surface area contributed by atoms with Gasteiger partial charge in [0.25, 0.3) is 0 Å². The molecule has 0 aromatic heterocycles. The van der Waals surface area contributed by atoms with Crippen molar-refractivity contribution in [3.8, 4) is 0 Å². The number of hydrogen-bond acceptors (Lipinski definition) is 2. The van der Waals surface area contributed by atoms with Gasteiger partial charge in [-0.2, -0.15) is 0 Å². The lowest BCUT2D eigenvalue weighted by Crippen LogP contribution is -2.37. The average molecular weight is 293 g/mol. The number of carbonyl (C=O) groups excluding carboxylic acids is 1. The summed E-state index contributed by atoms with van der Waals surface area (Å²) in [6, 6.07) is 17.5. The summed E-state index contributed by atoms with van der Waals surface area (Å²) in [5.41, 5.74) is 3.88. The summed E-state index contributed by atoms with van der Waals surface area (Å²) in [5, 5.41) is 0. The number of nitrogens with zero attached hydrogens (tertiary/aromatic N) is 1. The second-order valence-corrected chi connectivity index (χ2v) is 5.38. The average Bonchev–Trinajstić information content (AvgIpc) is 2.86. The van der Waals surface area contributed by atoms with Gasteiger partial charge in [0.1, 0.15) is 6.61 Å². The maximum Gasteiger partial charge on any atom is 0.415 e. The van der Waals surface area contributed by atoms with Crippen LogP contribution in [-0.4, -0.2) is 12.1 Å². The van der Waals surface area contributed by atoms with Crippen molar-refractivity contribution in [3.63, 3.8) is 0 Å². The van der Waals surface area contributed by atoms with Crippen molar-refractivity contribution in [2.24, 2.45) is 0 Å². The first kappa shape index (κ1) is 14.4. The van der Waals surface area contributed by atoms with E-state index in [0.717, 1.165) is 28.8 Å². The van der Waals surface area contributed by atoms with E-state index in [2.05, 4.69) is 13.5 Å². The van der Waals surface area contributed by atoms with Gasteiger partial charge in [0.2, 0.25) is 0 Å². The van der Waals surface area contributed by atoms with Gasteiger partial charge in [0, 0.05) is 5.56 Å². The SMILES string of the molecule is C=C1c2ccccc2N(C(=O)OCc2ccccc2)C1CC. The van der Waals surface area contributed by atoms with Crippen molar-refractivity contribution in [2.75, 3.05) is 4.90 Å². The molecule has 0 saturated carbocycles. The number of amides is 1. The van der Waals surface area contributed by atoms with E-state index in [-0.39, 0.29) is 18.7 Å². The monoisotopic (exact) mass is 293 g/mol. The van der Waals surface area contributed by atoms with Gasteiger partial charge in [-0.05, 0) is 23.6 Å². The molecule has 1 aliphatic heterocycles. The Morgan fingerprint density at radius 1 is 1.14 bits per heavy atom. The van der Waals surface area contributed by atoms with Gasteiger partial charge in [-0.25, -0.2) is 4.79 Å². The number of para-hydroxylation sites is 1. The quantitative estimate of drug-likeness (QED) is 0.825. The van der Waals surface area contributed by atoms with Crippen molar-refractivity contribution in [3.05, 3.63) is 72.3 Å². The molecule has 3 rings (SSSR count). The minimum atomic E-state index is -0.318. The van der Waals surface area contributed by atoms with Crippen LogP contribution in [0.5, 0.6) is 0 Å². The van der Waals surface area contributed by atoms with Crippen LogP contribution in [0.25, 0.3) is 5.57 Å². The molecule has 3 nitrogen and oxygen atoms in total. The molecule has 112 valence electrons. The van der Waals surface area contributed by atoms with E-state index in [1.165, 1.54) is 0 Å². The Bertz CT molecular complexity index is 694. The standard InChI is InChI=1S/C19H19NO2/c1-3-17-14(2)16-11-7-8-12-18(16)20(17)19(21)22-13-15-9-5-4-6-10-15/h4-12,17H,2-3,13H2,1H3. The van der Waals surface area contributed by atoms with Crippen LogP contribution >= 0.6 is 0 Å². The van der Waals surface area contributed by atoms with E-state index in [1.807, 2.05) is 54.6 Å². The highest BCUT2D eigenvalue weighted by molar-refractivity contribution is 6.01. The second-order valence-electron chi connectivity index (χ2n) is 5.38. The van der Waals surface area contributed by atoms with E-state index in [4.69, 9.17) is 4.74 Å². The van der Waals surface area contributed by atoms with Gasteiger partial charge in [-0.15, -0.1) is 0 Å². The van der Waals surface area contributed by atoms with Gasteiger partial charge >= 0.3 is 6.09 Å². The van der Waals surface area contributed by atoms with Crippen LogP contribution in [0, 0.1) is 0 Å². The molecule has 0 bridgehead atoms. The van der Waals surface area contributed by atoms with E-state index >= 15 is 0 Å². The summed E-state index contributed by atoms with van der Waals surface area (Å²) in [4.78, 5) is 14.3. The van der Waals surface area contributed by atoms with Gasteiger partial charge < -0.3 is 4.74 Å². The highest BCUT2D eigenvalue weighted by Gasteiger charge is 2.36.